The standard InChI is InChI=1S/C13H17F3N2O3S/c1-2-3-8-18-22(20,21)11-6-4-10(5-7-11)12(19)17-9-13(14,15)16/h4-7,18H,2-3,8-9H2,1H3,(H,17,19). The van der Waals surface area contributed by atoms with Crippen molar-refractivity contribution in [3.05, 3.63) is 29.8 Å². The summed E-state index contributed by atoms with van der Waals surface area (Å²) < 4.78 is 62.2. The molecule has 1 aromatic carbocycles. The first-order chi connectivity index (χ1) is 10.2. The van der Waals surface area contributed by atoms with Gasteiger partial charge in [-0.3, -0.25) is 4.79 Å². The molecule has 1 aromatic rings. The molecule has 124 valence electrons. The molecule has 0 aliphatic rings. The number of nitrogens with one attached hydrogen (secondary N) is 2. The van der Waals surface area contributed by atoms with Crippen LogP contribution in [0.5, 0.6) is 0 Å². The van der Waals surface area contributed by atoms with E-state index in [1.165, 1.54) is 24.3 Å². The Balaban J connectivity index is 2.72. The van der Waals surface area contributed by atoms with Gasteiger partial charge in [0.2, 0.25) is 10.0 Å². The molecule has 0 radical (unpaired) electrons. The van der Waals surface area contributed by atoms with E-state index in [1.807, 2.05) is 6.92 Å². The topological polar surface area (TPSA) is 75.3 Å². The molecule has 0 aliphatic heterocycles. The number of alkyl halides is 3. The van der Waals surface area contributed by atoms with Crippen molar-refractivity contribution < 1.29 is 26.4 Å². The Labute approximate surface area is 127 Å². The second-order valence-corrected chi connectivity index (χ2v) is 6.34. The van der Waals surface area contributed by atoms with Gasteiger partial charge in [0.1, 0.15) is 6.54 Å². The van der Waals surface area contributed by atoms with Crippen molar-refractivity contribution in [1.82, 2.24) is 10.0 Å². The molecular formula is C13H17F3N2O3S. The fourth-order valence-electron chi connectivity index (χ4n) is 1.53. The summed E-state index contributed by atoms with van der Waals surface area (Å²) in [5.74, 6) is -0.916. The van der Waals surface area contributed by atoms with Crippen molar-refractivity contribution in [3.8, 4) is 0 Å². The maximum Gasteiger partial charge on any atom is 0.405 e. The maximum atomic E-state index is 12.0. The number of sulfonamides is 1. The Bertz CT molecular complexity index is 598. The Morgan fingerprint density at radius 1 is 1.18 bits per heavy atom. The van der Waals surface area contributed by atoms with Crippen molar-refractivity contribution in [1.29, 1.82) is 0 Å². The van der Waals surface area contributed by atoms with Crippen molar-refractivity contribution in [3.63, 3.8) is 0 Å². The minimum atomic E-state index is -4.50. The summed E-state index contributed by atoms with van der Waals surface area (Å²) in [6, 6.07) is 4.69. The number of benzene rings is 1. The van der Waals surface area contributed by atoms with Crippen LogP contribution in [0.1, 0.15) is 30.1 Å². The van der Waals surface area contributed by atoms with Crippen molar-refractivity contribution >= 4 is 15.9 Å². The molecule has 0 fully saturated rings. The lowest BCUT2D eigenvalue weighted by Gasteiger charge is -2.09. The molecular weight excluding hydrogens is 321 g/mol. The number of unbranched alkanes of at least 4 members (excludes halogenated alkanes) is 1. The van der Waals surface area contributed by atoms with Crippen LogP contribution in [0.15, 0.2) is 29.2 Å². The Morgan fingerprint density at radius 3 is 2.27 bits per heavy atom. The van der Waals surface area contributed by atoms with Crippen LogP contribution in [-0.2, 0) is 10.0 Å². The van der Waals surface area contributed by atoms with Gasteiger partial charge in [0.15, 0.2) is 0 Å². The van der Waals surface area contributed by atoms with Gasteiger partial charge in [-0.15, -0.1) is 0 Å². The van der Waals surface area contributed by atoms with Crippen LogP contribution in [0.2, 0.25) is 0 Å². The molecule has 0 spiro atoms. The average molecular weight is 338 g/mol. The van der Waals surface area contributed by atoms with E-state index in [2.05, 4.69) is 4.72 Å². The second kappa shape index (κ2) is 7.59. The van der Waals surface area contributed by atoms with E-state index >= 15 is 0 Å². The predicted octanol–water partition coefficient (Wildman–Crippen LogP) is 2.06. The zero-order valence-electron chi connectivity index (χ0n) is 11.9. The Morgan fingerprint density at radius 2 is 1.77 bits per heavy atom. The summed E-state index contributed by atoms with van der Waals surface area (Å²) in [6.45, 7) is 0.778. The lowest BCUT2D eigenvalue weighted by molar-refractivity contribution is -0.123. The third-order valence-electron chi connectivity index (χ3n) is 2.70. The van der Waals surface area contributed by atoms with Gasteiger partial charge in [0, 0.05) is 12.1 Å². The summed E-state index contributed by atoms with van der Waals surface area (Å²) in [7, 11) is -3.67. The van der Waals surface area contributed by atoms with Crippen molar-refractivity contribution in [2.24, 2.45) is 0 Å². The first-order valence-corrected chi connectivity index (χ1v) is 8.08. The van der Waals surface area contributed by atoms with Crippen molar-refractivity contribution in [2.45, 2.75) is 30.8 Å². The van der Waals surface area contributed by atoms with E-state index in [9.17, 15) is 26.4 Å². The minimum absolute atomic E-state index is 0.0447. The predicted molar refractivity (Wildman–Crippen MR) is 74.9 cm³/mol. The van der Waals surface area contributed by atoms with E-state index < -0.39 is 28.7 Å². The first kappa shape index (κ1) is 18.4. The van der Waals surface area contributed by atoms with Crippen LogP contribution in [0.3, 0.4) is 0 Å². The van der Waals surface area contributed by atoms with Gasteiger partial charge in [-0.25, -0.2) is 13.1 Å². The van der Waals surface area contributed by atoms with E-state index in [1.54, 1.807) is 5.32 Å². The highest BCUT2D eigenvalue weighted by Gasteiger charge is 2.27. The average Bonchev–Trinajstić information content (AvgIpc) is 2.44. The highest BCUT2D eigenvalue weighted by molar-refractivity contribution is 7.89. The van der Waals surface area contributed by atoms with E-state index in [0.29, 0.717) is 13.0 Å². The van der Waals surface area contributed by atoms with Gasteiger partial charge < -0.3 is 5.32 Å². The smallest absolute Gasteiger partial charge is 0.343 e. The third-order valence-corrected chi connectivity index (χ3v) is 4.18. The highest BCUT2D eigenvalue weighted by atomic mass is 32.2. The lowest BCUT2D eigenvalue weighted by Crippen LogP contribution is -2.33. The van der Waals surface area contributed by atoms with Crippen LogP contribution in [0.25, 0.3) is 0 Å². The van der Waals surface area contributed by atoms with Crippen LogP contribution in [-0.4, -0.2) is 33.6 Å². The largest absolute Gasteiger partial charge is 0.405 e. The number of halogens is 3. The number of carbonyl (C=O) groups excluding carboxylic acids is 1. The summed E-state index contributed by atoms with van der Waals surface area (Å²) in [5, 5.41) is 1.71. The van der Waals surface area contributed by atoms with Gasteiger partial charge in [-0.1, -0.05) is 13.3 Å². The van der Waals surface area contributed by atoms with Gasteiger partial charge in [0.05, 0.1) is 4.90 Å². The van der Waals surface area contributed by atoms with E-state index in [-0.39, 0.29) is 10.5 Å². The van der Waals surface area contributed by atoms with Gasteiger partial charge >= 0.3 is 6.18 Å². The zero-order valence-corrected chi connectivity index (χ0v) is 12.7. The van der Waals surface area contributed by atoms with Gasteiger partial charge in [-0.2, -0.15) is 13.2 Å². The quantitative estimate of drug-likeness (QED) is 0.747. The number of hydrogen-bond donors (Lipinski definition) is 2. The summed E-state index contributed by atoms with van der Waals surface area (Å²) in [6.07, 6.45) is -2.97. The number of hydrogen-bond acceptors (Lipinski definition) is 3. The van der Waals surface area contributed by atoms with Crippen molar-refractivity contribution in [2.75, 3.05) is 13.1 Å². The highest BCUT2D eigenvalue weighted by Crippen LogP contribution is 2.14. The molecule has 0 saturated carbocycles. The lowest BCUT2D eigenvalue weighted by atomic mass is 10.2. The molecule has 0 atom stereocenters. The molecule has 0 aliphatic carbocycles. The molecule has 0 bridgehead atoms. The van der Waals surface area contributed by atoms with E-state index in [0.717, 1.165) is 6.42 Å². The molecule has 0 aromatic heterocycles. The normalized spacial score (nSPS) is 12.2. The summed E-state index contributed by atoms with van der Waals surface area (Å²) in [4.78, 5) is 11.4. The molecule has 1 amide bonds. The molecule has 2 N–H and O–H groups in total. The Hall–Kier alpha value is -1.61. The van der Waals surface area contributed by atoms with Gasteiger partial charge in [0.25, 0.3) is 5.91 Å². The fraction of sp³-hybridized carbons (Fsp3) is 0.462. The van der Waals surface area contributed by atoms with Crippen LogP contribution in [0, 0.1) is 0 Å². The molecule has 0 unspecified atom stereocenters. The number of carbonyl (C=O) groups is 1. The second-order valence-electron chi connectivity index (χ2n) is 4.57. The number of rotatable bonds is 7. The monoisotopic (exact) mass is 338 g/mol. The fourth-order valence-corrected chi connectivity index (χ4v) is 2.61. The molecule has 9 heteroatoms. The third kappa shape index (κ3) is 6.02. The molecule has 0 saturated heterocycles. The van der Waals surface area contributed by atoms with Crippen LogP contribution < -0.4 is 10.0 Å². The SMILES string of the molecule is CCCCNS(=O)(=O)c1ccc(C(=O)NCC(F)(F)F)cc1. The molecule has 22 heavy (non-hydrogen) atoms. The van der Waals surface area contributed by atoms with Gasteiger partial charge in [-0.05, 0) is 30.7 Å². The maximum absolute atomic E-state index is 12.0. The van der Waals surface area contributed by atoms with Crippen LogP contribution >= 0.6 is 0 Å². The summed E-state index contributed by atoms with van der Waals surface area (Å²) in [5.41, 5.74) is -0.0447. The Kier molecular flexibility index (Phi) is 6.36. The summed E-state index contributed by atoms with van der Waals surface area (Å²) >= 11 is 0. The van der Waals surface area contributed by atoms with E-state index in [4.69, 9.17) is 0 Å². The molecule has 1 rings (SSSR count). The van der Waals surface area contributed by atoms with Crippen LogP contribution in [0.4, 0.5) is 13.2 Å². The zero-order chi connectivity index (χ0) is 16.8. The first-order valence-electron chi connectivity index (χ1n) is 6.60. The minimum Gasteiger partial charge on any atom is -0.343 e. The molecule has 5 nitrogen and oxygen atoms in total. The number of amides is 1. The molecule has 0 heterocycles.